The average Bonchev–Trinajstić information content (AvgIpc) is 3.09. The summed E-state index contributed by atoms with van der Waals surface area (Å²) in [5, 5.41) is 2.09. The summed E-state index contributed by atoms with van der Waals surface area (Å²) in [6, 6.07) is 20.5. The van der Waals surface area contributed by atoms with Crippen LogP contribution in [0.4, 0.5) is 0 Å². The van der Waals surface area contributed by atoms with E-state index in [4.69, 9.17) is 0 Å². The third-order valence-electron chi connectivity index (χ3n) is 4.56. The predicted octanol–water partition coefficient (Wildman–Crippen LogP) is 5.55. The van der Waals surface area contributed by atoms with E-state index in [9.17, 15) is 4.79 Å². The van der Waals surface area contributed by atoms with Crippen LogP contribution < -0.4 is 0 Å². The van der Waals surface area contributed by atoms with Crippen LogP contribution in [0.25, 0.3) is 27.8 Å². The van der Waals surface area contributed by atoms with E-state index in [2.05, 4.69) is 51.9 Å². The monoisotopic (exact) mass is 387 g/mol. The number of benzene rings is 2. The third kappa shape index (κ3) is 3.71. The number of carbonyl (C=O) groups is 1. The van der Waals surface area contributed by atoms with Crippen molar-refractivity contribution in [3.63, 3.8) is 0 Å². The van der Waals surface area contributed by atoms with Crippen LogP contribution >= 0.6 is 11.8 Å². The molecule has 0 saturated heterocycles. The van der Waals surface area contributed by atoms with E-state index < -0.39 is 0 Å². The molecule has 2 aromatic heterocycles. The maximum absolute atomic E-state index is 11.5. The molecule has 0 N–H and O–H groups in total. The first-order chi connectivity index (χ1) is 13.6. The van der Waals surface area contributed by atoms with Crippen LogP contribution in [0.15, 0.2) is 78.2 Å². The summed E-state index contributed by atoms with van der Waals surface area (Å²) in [6.07, 6.45) is 4.26. The minimum absolute atomic E-state index is 0.152. The summed E-state index contributed by atoms with van der Waals surface area (Å²) in [5.41, 5.74) is 4.15. The van der Waals surface area contributed by atoms with Gasteiger partial charge in [0.15, 0.2) is 0 Å². The quantitative estimate of drug-likeness (QED) is 0.322. The highest BCUT2D eigenvalue weighted by Crippen LogP contribution is 2.38. The number of para-hydroxylation sites is 1. The maximum atomic E-state index is 11.5. The average molecular weight is 388 g/mol. The summed E-state index contributed by atoms with van der Waals surface area (Å²) >= 11 is 1.63. The second kappa shape index (κ2) is 7.98. The van der Waals surface area contributed by atoms with Gasteiger partial charge in [-0.2, -0.15) is 0 Å². The fourth-order valence-electron chi connectivity index (χ4n) is 3.38. The lowest BCUT2D eigenvalue weighted by Crippen LogP contribution is -2.04. The molecule has 140 valence electrons. The fraction of sp³-hybridized carbons (Fsp3) is 0.174. The van der Waals surface area contributed by atoms with Crippen molar-refractivity contribution < 1.29 is 4.79 Å². The Labute approximate surface area is 168 Å². The minimum atomic E-state index is 0.152. The van der Waals surface area contributed by atoms with Gasteiger partial charge in [-0.25, -0.2) is 9.97 Å². The Morgan fingerprint density at radius 1 is 1.04 bits per heavy atom. The number of hydrogen-bond donors (Lipinski definition) is 0. The maximum Gasteiger partial charge on any atom is 0.149 e. The summed E-state index contributed by atoms with van der Waals surface area (Å²) < 4.78 is 2.11. The molecule has 5 heteroatoms. The van der Waals surface area contributed by atoms with E-state index >= 15 is 0 Å². The SMILES string of the molecule is CC(=O)C[C@@H](C)Sc1ncnc2c1c(-c1ccccc1)cn2-c1ccccc1. The Kier molecular flexibility index (Phi) is 5.26. The molecular formula is C23H21N3OS. The lowest BCUT2D eigenvalue weighted by atomic mass is 10.1. The van der Waals surface area contributed by atoms with Crippen LogP contribution in [0.5, 0.6) is 0 Å². The van der Waals surface area contributed by atoms with E-state index in [0.717, 1.165) is 32.9 Å². The molecule has 4 rings (SSSR count). The van der Waals surface area contributed by atoms with Crippen LogP contribution in [0.3, 0.4) is 0 Å². The molecule has 0 radical (unpaired) electrons. The Bertz CT molecular complexity index is 1110. The molecular weight excluding hydrogens is 366 g/mol. The first-order valence-electron chi connectivity index (χ1n) is 9.26. The van der Waals surface area contributed by atoms with Crippen molar-refractivity contribution in [3.05, 3.63) is 73.2 Å². The Morgan fingerprint density at radius 2 is 1.71 bits per heavy atom. The minimum Gasteiger partial charge on any atom is -0.301 e. The van der Waals surface area contributed by atoms with E-state index in [1.54, 1.807) is 25.0 Å². The topological polar surface area (TPSA) is 47.8 Å². The number of aromatic nitrogens is 3. The van der Waals surface area contributed by atoms with Gasteiger partial charge in [0.2, 0.25) is 0 Å². The third-order valence-corrected chi connectivity index (χ3v) is 5.66. The normalized spacial score (nSPS) is 12.2. The molecule has 2 heterocycles. The van der Waals surface area contributed by atoms with Gasteiger partial charge in [0.1, 0.15) is 22.8 Å². The van der Waals surface area contributed by atoms with E-state index in [1.807, 2.05) is 36.4 Å². The number of Topliss-reactive ketones (excluding diaryl/α,β-unsaturated/α-hetero) is 1. The Balaban J connectivity index is 1.92. The van der Waals surface area contributed by atoms with Gasteiger partial charge in [-0.1, -0.05) is 55.5 Å². The molecule has 0 fully saturated rings. The van der Waals surface area contributed by atoms with Crippen molar-refractivity contribution in [1.29, 1.82) is 0 Å². The number of rotatable bonds is 6. The van der Waals surface area contributed by atoms with Crippen molar-refractivity contribution in [3.8, 4) is 16.8 Å². The molecule has 0 saturated carbocycles. The highest BCUT2D eigenvalue weighted by Gasteiger charge is 2.19. The number of hydrogen-bond acceptors (Lipinski definition) is 4. The zero-order valence-corrected chi connectivity index (χ0v) is 16.7. The Hall–Kier alpha value is -2.92. The lowest BCUT2D eigenvalue weighted by Gasteiger charge is -2.10. The van der Waals surface area contributed by atoms with E-state index in [1.165, 1.54) is 0 Å². The van der Waals surface area contributed by atoms with Gasteiger partial charge in [-0.3, -0.25) is 4.79 Å². The smallest absolute Gasteiger partial charge is 0.149 e. The molecule has 0 unspecified atom stereocenters. The fourth-order valence-corrected chi connectivity index (χ4v) is 4.51. The van der Waals surface area contributed by atoms with Crippen molar-refractivity contribution in [2.75, 3.05) is 0 Å². The predicted molar refractivity (Wildman–Crippen MR) is 115 cm³/mol. The first kappa shape index (κ1) is 18.4. The molecule has 0 amide bonds. The lowest BCUT2D eigenvalue weighted by molar-refractivity contribution is -0.116. The number of fused-ring (bicyclic) bond motifs is 1. The van der Waals surface area contributed by atoms with Crippen molar-refractivity contribution >= 4 is 28.6 Å². The van der Waals surface area contributed by atoms with Gasteiger partial charge < -0.3 is 4.57 Å². The van der Waals surface area contributed by atoms with Crippen molar-refractivity contribution in [1.82, 2.24) is 14.5 Å². The first-order valence-corrected chi connectivity index (χ1v) is 10.1. The molecule has 28 heavy (non-hydrogen) atoms. The Morgan fingerprint density at radius 3 is 2.39 bits per heavy atom. The van der Waals surface area contributed by atoms with Crippen LogP contribution in [-0.2, 0) is 4.79 Å². The summed E-state index contributed by atoms with van der Waals surface area (Å²) in [4.78, 5) is 20.7. The summed E-state index contributed by atoms with van der Waals surface area (Å²) in [6.45, 7) is 3.70. The number of ketones is 1. The van der Waals surface area contributed by atoms with E-state index in [-0.39, 0.29) is 11.0 Å². The van der Waals surface area contributed by atoms with Crippen LogP contribution in [0.2, 0.25) is 0 Å². The van der Waals surface area contributed by atoms with Gasteiger partial charge in [0.25, 0.3) is 0 Å². The van der Waals surface area contributed by atoms with Gasteiger partial charge >= 0.3 is 0 Å². The highest BCUT2D eigenvalue weighted by molar-refractivity contribution is 8.00. The molecule has 0 bridgehead atoms. The highest BCUT2D eigenvalue weighted by atomic mass is 32.2. The van der Waals surface area contributed by atoms with Crippen LogP contribution in [0.1, 0.15) is 20.3 Å². The van der Waals surface area contributed by atoms with Crippen LogP contribution in [-0.4, -0.2) is 25.6 Å². The molecule has 0 aliphatic carbocycles. The number of carbonyl (C=O) groups excluding carboxylic acids is 1. The molecule has 2 aromatic carbocycles. The largest absolute Gasteiger partial charge is 0.301 e. The van der Waals surface area contributed by atoms with Crippen LogP contribution in [0, 0.1) is 0 Å². The molecule has 0 spiro atoms. The standard InChI is InChI=1S/C23H21N3OS/c1-16(27)13-17(2)28-23-21-20(18-9-5-3-6-10-18)14-26(22(21)24-15-25-23)19-11-7-4-8-12-19/h3-12,14-15,17H,13H2,1-2H3/t17-/m1/s1. The zero-order chi connectivity index (χ0) is 19.5. The van der Waals surface area contributed by atoms with Gasteiger partial charge in [0, 0.05) is 29.1 Å². The van der Waals surface area contributed by atoms with Crippen molar-refractivity contribution in [2.45, 2.75) is 30.5 Å². The van der Waals surface area contributed by atoms with Gasteiger partial charge in [-0.05, 0) is 24.6 Å². The summed E-state index contributed by atoms with van der Waals surface area (Å²) in [7, 11) is 0. The summed E-state index contributed by atoms with van der Waals surface area (Å²) in [5.74, 6) is 0.190. The number of nitrogens with zero attached hydrogens (tertiary/aromatic N) is 3. The second-order valence-electron chi connectivity index (χ2n) is 6.83. The van der Waals surface area contributed by atoms with Gasteiger partial charge in [0.05, 0.1) is 5.39 Å². The molecule has 0 aliphatic heterocycles. The molecule has 0 aliphatic rings. The van der Waals surface area contributed by atoms with E-state index in [0.29, 0.717) is 6.42 Å². The molecule has 4 aromatic rings. The zero-order valence-electron chi connectivity index (χ0n) is 15.9. The molecule has 4 nitrogen and oxygen atoms in total. The van der Waals surface area contributed by atoms with Gasteiger partial charge in [-0.15, -0.1) is 11.8 Å². The van der Waals surface area contributed by atoms with Crippen molar-refractivity contribution in [2.24, 2.45) is 0 Å². The molecule has 1 atom stereocenters. The second-order valence-corrected chi connectivity index (χ2v) is 8.25. The number of thioether (sulfide) groups is 1.